The minimum absolute atomic E-state index is 0.641. The second kappa shape index (κ2) is 5.62. The van der Waals surface area contributed by atoms with Crippen LogP contribution in [0.25, 0.3) is 0 Å². The van der Waals surface area contributed by atoms with E-state index in [2.05, 4.69) is 42.0 Å². The number of hydrogen-bond donors (Lipinski definition) is 1. The molecule has 0 bridgehead atoms. The molecule has 0 aliphatic carbocycles. The van der Waals surface area contributed by atoms with Gasteiger partial charge in [-0.1, -0.05) is 0 Å². The third-order valence-corrected chi connectivity index (χ3v) is 5.11. The van der Waals surface area contributed by atoms with Crippen LogP contribution >= 0.6 is 15.9 Å². The summed E-state index contributed by atoms with van der Waals surface area (Å²) in [5, 5.41) is 3.58. The predicted molar refractivity (Wildman–Crippen MR) is 79.6 cm³/mol. The van der Waals surface area contributed by atoms with E-state index in [0.717, 1.165) is 16.6 Å². The highest BCUT2D eigenvalue weighted by atomic mass is 79.9. The van der Waals surface area contributed by atoms with Gasteiger partial charge in [-0.05, 0) is 84.8 Å². The highest BCUT2D eigenvalue weighted by Gasteiger charge is 2.21. The van der Waals surface area contributed by atoms with Crippen molar-refractivity contribution in [3.05, 3.63) is 26.7 Å². The van der Waals surface area contributed by atoms with Crippen molar-refractivity contribution in [2.75, 3.05) is 13.7 Å². The van der Waals surface area contributed by atoms with Crippen molar-refractivity contribution < 1.29 is 4.74 Å². The Kier molecular flexibility index (Phi) is 4.33. The predicted octanol–water partition coefficient (Wildman–Crippen LogP) is 3.68. The van der Waals surface area contributed by atoms with E-state index in [0.29, 0.717) is 6.04 Å². The normalized spacial score (nSPS) is 19.3. The summed E-state index contributed by atoms with van der Waals surface area (Å²) in [7, 11) is 1.74. The zero-order valence-electron chi connectivity index (χ0n) is 11.7. The van der Waals surface area contributed by atoms with Crippen LogP contribution in [0.4, 0.5) is 0 Å². The monoisotopic (exact) mass is 311 g/mol. The maximum Gasteiger partial charge on any atom is 0.136 e. The standard InChI is InChI=1S/C15H22BrNO/c1-9-10(2)15(18-4)14(16)11(3)13(9)8-12-6-5-7-17-12/h12,17H,5-8H2,1-4H3. The highest BCUT2D eigenvalue weighted by molar-refractivity contribution is 9.10. The number of benzene rings is 1. The van der Waals surface area contributed by atoms with Gasteiger partial charge in [-0.2, -0.15) is 0 Å². The van der Waals surface area contributed by atoms with Crippen molar-refractivity contribution in [1.82, 2.24) is 5.32 Å². The average molecular weight is 312 g/mol. The molecular weight excluding hydrogens is 290 g/mol. The van der Waals surface area contributed by atoms with Crippen LogP contribution in [0.1, 0.15) is 35.1 Å². The van der Waals surface area contributed by atoms with Crippen LogP contribution in [0.15, 0.2) is 4.47 Å². The van der Waals surface area contributed by atoms with Crippen molar-refractivity contribution in [2.24, 2.45) is 0 Å². The summed E-state index contributed by atoms with van der Waals surface area (Å²) in [6, 6.07) is 0.641. The molecule has 1 fully saturated rings. The molecule has 1 unspecified atom stereocenters. The first-order valence-corrected chi connectivity index (χ1v) is 7.41. The summed E-state index contributed by atoms with van der Waals surface area (Å²) < 4.78 is 6.61. The topological polar surface area (TPSA) is 21.3 Å². The molecule has 0 saturated carbocycles. The quantitative estimate of drug-likeness (QED) is 0.919. The molecule has 100 valence electrons. The first kappa shape index (κ1) is 13.9. The molecule has 1 aromatic rings. The number of rotatable bonds is 3. The van der Waals surface area contributed by atoms with Crippen molar-refractivity contribution in [1.29, 1.82) is 0 Å². The molecule has 2 nitrogen and oxygen atoms in total. The average Bonchev–Trinajstić information content (AvgIpc) is 2.86. The highest BCUT2D eigenvalue weighted by Crippen LogP contribution is 2.37. The van der Waals surface area contributed by atoms with Gasteiger partial charge < -0.3 is 10.1 Å². The van der Waals surface area contributed by atoms with E-state index in [4.69, 9.17) is 4.74 Å². The largest absolute Gasteiger partial charge is 0.495 e. The molecule has 18 heavy (non-hydrogen) atoms. The van der Waals surface area contributed by atoms with E-state index in [1.807, 2.05) is 0 Å². The molecule has 1 heterocycles. The zero-order valence-corrected chi connectivity index (χ0v) is 13.3. The van der Waals surface area contributed by atoms with Crippen molar-refractivity contribution in [3.8, 4) is 5.75 Å². The fourth-order valence-corrected chi connectivity index (χ4v) is 3.57. The fraction of sp³-hybridized carbons (Fsp3) is 0.600. The van der Waals surface area contributed by atoms with E-state index in [1.54, 1.807) is 7.11 Å². The molecule has 1 aliphatic heterocycles. The Morgan fingerprint density at radius 3 is 2.50 bits per heavy atom. The number of nitrogens with one attached hydrogen (secondary N) is 1. The Morgan fingerprint density at radius 1 is 1.22 bits per heavy atom. The Balaban J connectivity index is 2.40. The van der Waals surface area contributed by atoms with Gasteiger partial charge in [0.2, 0.25) is 0 Å². The molecule has 0 spiro atoms. The van der Waals surface area contributed by atoms with Crippen LogP contribution in [-0.4, -0.2) is 19.7 Å². The number of ether oxygens (including phenoxy) is 1. The molecule has 1 aliphatic rings. The van der Waals surface area contributed by atoms with Crippen molar-refractivity contribution in [2.45, 2.75) is 46.1 Å². The number of hydrogen-bond acceptors (Lipinski definition) is 2. The fourth-order valence-electron chi connectivity index (χ4n) is 2.87. The van der Waals surface area contributed by atoms with Gasteiger partial charge in [0, 0.05) is 6.04 Å². The SMILES string of the molecule is COc1c(C)c(C)c(CC2CCCN2)c(C)c1Br. The number of halogens is 1. The van der Waals surface area contributed by atoms with Crippen LogP contribution in [0.2, 0.25) is 0 Å². The van der Waals surface area contributed by atoms with Crippen molar-refractivity contribution in [3.63, 3.8) is 0 Å². The molecule has 1 aromatic carbocycles. The smallest absolute Gasteiger partial charge is 0.136 e. The van der Waals surface area contributed by atoms with Crippen LogP contribution in [0, 0.1) is 20.8 Å². The molecule has 1 N–H and O–H groups in total. The molecule has 0 radical (unpaired) electrons. The second-order valence-electron chi connectivity index (χ2n) is 5.20. The van der Waals surface area contributed by atoms with E-state index < -0.39 is 0 Å². The van der Waals surface area contributed by atoms with Gasteiger partial charge in [0.25, 0.3) is 0 Å². The van der Waals surface area contributed by atoms with Gasteiger partial charge in [0.15, 0.2) is 0 Å². The van der Waals surface area contributed by atoms with Crippen molar-refractivity contribution >= 4 is 15.9 Å². The summed E-state index contributed by atoms with van der Waals surface area (Å²) in [6.07, 6.45) is 3.72. The second-order valence-corrected chi connectivity index (χ2v) is 5.99. The van der Waals surface area contributed by atoms with E-state index >= 15 is 0 Å². The van der Waals surface area contributed by atoms with E-state index in [1.165, 1.54) is 41.6 Å². The summed E-state index contributed by atoms with van der Waals surface area (Å²) in [6.45, 7) is 7.70. The molecule has 1 saturated heterocycles. The van der Waals surface area contributed by atoms with Gasteiger partial charge in [-0.15, -0.1) is 0 Å². The van der Waals surface area contributed by atoms with Gasteiger partial charge in [-0.25, -0.2) is 0 Å². The van der Waals surface area contributed by atoms with Gasteiger partial charge in [-0.3, -0.25) is 0 Å². The zero-order chi connectivity index (χ0) is 13.3. The molecule has 0 amide bonds. The third-order valence-electron chi connectivity index (χ3n) is 4.15. The minimum atomic E-state index is 0.641. The lowest BCUT2D eigenvalue weighted by atomic mass is 9.92. The lowest BCUT2D eigenvalue weighted by molar-refractivity contribution is 0.407. The summed E-state index contributed by atoms with van der Waals surface area (Å²) >= 11 is 3.68. The maximum absolute atomic E-state index is 5.50. The molecule has 2 rings (SSSR count). The van der Waals surface area contributed by atoms with Gasteiger partial charge in [0.05, 0.1) is 11.6 Å². The third kappa shape index (κ3) is 2.43. The van der Waals surface area contributed by atoms with E-state index in [-0.39, 0.29) is 0 Å². The molecule has 0 aromatic heterocycles. The molecule has 1 atom stereocenters. The van der Waals surface area contributed by atoms with Gasteiger partial charge >= 0.3 is 0 Å². The molecule has 3 heteroatoms. The summed E-state index contributed by atoms with van der Waals surface area (Å²) in [5.41, 5.74) is 5.42. The Morgan fingerprint density at radius 2 is 1.94 bits per heavy atom. The Bertz CT molecular complexity index is 421. The van der Waals surface area contributed by atoms with Crippen LogP contribution in [0.3, 0.4) is 0 Å². The lowest BCUT2D eigenvalue weighted by Gasteiger charge is -2.20. The minimum Gasteiger partial charge on any atom is -0.495 e. The molecular formula is C15H22BrNO. The lowest BCUT2D eigenvalue weighted by Crippen LogP contribution is -2.24. The summed E-state index contributed by atoms with van der Waals surface area (Å²) in [5.74, 6) is 0.980. The van der Waals surface area contributed by atoms with E-state index in [9.17, 15) is 0 Å². The van der Waals surface area contributed by atoms with Crippen LogP contribution in [0.5, 0.6) is 5.75 Å². The summed E-state index contributed by atoms with van der Waals surface area (Å²) in [4.78, 5) is 0. The Hall–Kier alpha value is -0.540. The van der Waals surface area contributed by atoms with Crippen LogP contribution < -0.4 is 10.1 Å². The first-order chi connectivity index (χ1) is 8.56. The Labute approximate surface area is 118 Å². The number of methoxy groups -OCH3 is 1. The van der Waals surface area contributed by atoms with Crippen LogP contribution in [-0.2, 0) is 6.42 Å². The first-order valence-electron chi connectivity index (χ1n) is 6.61. The van der Waals surface area contributed by atoms with Gasteiger partial charge in [0.1, 0.15) is 5.75 Å². The maximum atomic E-state index is 5.50.